The van der Waals surface area contributed by atoms with Gasteiger partial charge in [-0.3, -0.25) is 0 Å². The lowest BCUT2D eigenvalue weighted by molar-refractivity contribution is 0.588. The van der Waals surface area contributed by atoms with Gasteiger partial charge in [0.2, 0.25) is 0 Å². The van der Waals surface area contributed by atoms with E-state index in [1.165, 1.54) is 16.0 Å². The van der Waals surface area contributed by atoms with Crippen LogP contribution in [0.1, 0.15) is 38.8 Å². The van der Waals surface area contributed by atoms with Gasteiger partial charge in [0, 0.05) is 4.90 Å². The van der Waals surface area contributed by atoms with Crippen LogP contribution in [0.15, 0.2) is 23.1 Å². The number of benzene rings is 1. The Morgan fingerprint density at radius 2 is 1.86 bits per heavy atom. The number of hydrogen-bond acceptors (Lipinski definition) is 1. The minimum atomic E-state index is 0.265. The smallest absolute Gasteiger partial charge is 0.0101 e. The van der Waals surface area contributed by atoms with Crippen molar-refractivity contribution in [1.82, 2.24) is 0 Å². The van der Waals surface area contributed by atoms with E-state index in [9.17, 15) is 0 Å². The van der Waals surface area contributed by atoms with Crippen molar-refractivity contribution in [3.8, 4) is 0 Å². The van der Waals surface area contributed by atoms with Crippen molar-refractivity contribution in [2.45, 2.75) is 44.4 Å². The zero-order valence-corrected chi connectivity index (χ0v) is 10.7. The first-order chi connectivity index (χ1) is 6.49. The van der Waals surface area contributed by atoms with Gasteiger partial charge < -0.3 is 0 Å². The Morgan fingerprint density at radius 3 is 2.29 bits per heavy atom. The molecule has 0 heterocycles. The Hall–Kier alpha value is -0.430. The third-order valence-corrected chi connectivity index (χ3v) is 3.37. The fourth-order valence-electron chi connectivity index (χ4n) is 1.52. The summed E-state index contributed by atoms with van der Waals surface area (Å²) in [7, 11) is 0. The van der Waals surface area contributed by atoms with E-state index in [1.54, 1.807) is 0 Å². The van der Waals surface area contributed by atoms with Crippen LogP contribution in [0.3, 0.4) is 0 Å². The predicted octanol–water partition coefficient (Wildman–Crippen LogP) is 4.27. The second-order valence-corrected chi connectivity index (χ2v) is 5.48. The lowest BCUT2D eigenvalue weighted by atomic mass is 9.86. The first-order valence-electron chi connectivity index (χ1n) is 5.16. The van der Waals surface area contributed by atoms with E-state index in [0.717, 1.165) is 6.42 Å². The fourth-order valence-corrected chi connectivity index (χ4v) is 2.19. The zero-order chi connectivity index (χ0) is 10.8. The first-order valence-corrected chi connectivity index (χ1v) is 6.39. The molecule has 0 spiro atoms. The summed E-state index contributed by atoms with van der Waals surface area (Å²) in [6.07, 6.45) is 3.27. The molecule has 0 fully saturated rings. The average Bonchev–Trinajstić information content (AvgIpc) is 2.15. The maximum Gasteiger partial charge on any atom is 0.0101 e. The van der Waals surface area contributed by atoms with Gasteiger partial charge in [0.05, 0.1) is 0 Å². The predicted molar refractivity (Wildman–Crippen MR) is 66.3 cm³/mol. The highest BCUT2D eigenvalue weighted by atomic mass is 32.2. The standard InChI is InChI=1S/C13H20S/c1-6-10-9-11(13(2,3)4)7-8-12(10)14-5/h7-9H,6H2,1-5H3. The van der Waals surface area contributed by atoms with Gasteiger partial charge in [-0.2, -0.15) is 0 Å². The highest BCUT2D eigenvalue weighted by Gasteiger charge is 2.14. The number of thioether (sulfide) groups is 1. The van der Waals surface area contributed by atoms with Gasteiger partial charge in [-0.25, -0.2) is 0 Å². The van der Waals surface area contributed by atoms with Gasteiger partial charge >= 0.3 is 0 Å². The van der Waals surface area contributed by atoms with Gasteiger partial charge in [-0.1, -0.05) is 39.8 Å². The molecule has 0 nitrogen and oxygen atoms in total. The van der Waals surface area contributed by atoms with E-state index in [0.29, 0.717) is 0 Å². The molecule has 14 heavy (non-hydrogen) atoms. The van der Waals surface area contributed by atoms with Gasteiger partial charge in [-0.15, -0.1) is 11.8 Å². The lowest BCUT2D eigenvalue weighted by Crippen LogP contribution is -2.11. The summed E-state index contributed by atoms with van der Waals surface area (Å²) in [4.78, 5) is 1.42. The highest BCUT2D eigenvalue weighted by Crippen LogP contribution is 2.28. The lowest BCUT2D eigenvalue weighted by Gasteiger charge is -2.20. The van der Waals surface area contributed by atoms with Crippen molar-refractivity contribution in [2.24, 2.45) is 0 Å². The van der Waals surface area contributed by atoms with Crippen LogP contribution in [0.25, 0.3) is 0 Å². The van der Waals surface area contributed by atoms with E-state index < -0.39 is 0 Å². The Kier molecular flexibility index (Phi) is 3.65. The second kappa shape index (κ2) is 4.39. The molecule has 0 saturated heterocycles. The fraction of sp³-hybridized carbons (Fsp3) is 0.538. The van der Waals surface area contributed by atoms with Crippen molar-refractivity contribution < 1.29 is 0 Å². The van der Waals surface area contributed by atoms with Crippen LogP contribution >= 0.6 is 11.8 Å². The maximum absolute atomic E-state index is 2.35. The van der Waals surface area contributed by atoms with Crippen LogP contribution in [-0.4, -0.2) is 6.26 Å². The molecule has 0 unspecified atom stereocenters. The number of aryl methyl sites for hydroxylation is 1. The van der Waals surface area contributed by atoms with Crippen LogP contribution < -0.4 is 0 Å². The molecule has 0 amide bonds. The summed E-state index contributed by atoms with van der Waals surface area (Å²) in [6.45, 7) is 9.02. The van der Waals surface area contributed by atoms with Crippen molar-refractivity contribution >= 4 is 11.8 Å². The van der Waals surface area contributed by atoms with Crippen molar-refractivity contribution in [3.63, 3.8) is 0 Å². The van der Waals surface area contributed by atoms with E-state index >= 15 is 0 Å². The summed E-state index contributed by atoms with van der Waals surface area (Å²) < 4.78 is 0. The molecule has 0 bridgehead atoms. The van der Waals surface area contributed by atoms with E-state index in [4.69, 9.17) is 0 Å². The van der Waals surface area contributed by atoms with Crippen molar-refractivity contribution in [3.05, 3.63) is 29.3 Å². The molecule has 1 aromatic rings. The molecule has 1 rings (SSSR count). The molecule has 0 aliphatic heterocycles. The quantitative estimate of drug-likeness (QED) is 0.654. The van der Waals surface area contributed by atoms with Gasteiger partial charge in [0.1, 0.15) is 0 Å². The summed E-state index contributed by atoms with van der Waals surface area (Å²) in [5.41, 5.74) is 3.18. The van der Waals surface area contributed by atoms with Crippen LogP contribution in [0.5, 0.6) is 0 Å². The normalized spacial score (nSPS) is 11.8. The Labute approximate surface area is 92.1 Å². The average molecular weight is 208 g/mol. The zero-order valence-electron chi connectivity index (χ0n) is 9.85. The summed E-state index contributed by atoms with van der Waals surface area (Å²) in [5, 5.41) is 0. The minimum Gasteiger partial charge on any atom is -0.129 e. The van der Waals surface area contributed by atoms with E-state index in [-0.39, 0.29) is 5.41 Å². The molecule has 0 aliphatic rings. The molecule has 1 aromatic carbocycles. The molecule has 0 N–H and O–H groups in total. The molecular formula is C13H20S. The third kappa shape index (κ3) is 2.54. The molecule has 0 aromatic heterocycles. The molecule has 78 valence electrons. The van der Waals surface area contributed by atoms with Gasteiger partial charge in [0.25, 0.3) is 0 Å². The maximum atomic E-state index is 2.35. The molecule has 0 saturated carbocycles. The van der Waals surface area contributed by atoms with Crippen LogP contribution in [0, 0.1) is 0 Å². The Bertz CT molecular complexity index is 308. The third-order valence-electron chi connectivity index (χ3n) is 2.53. The van der Waals surface area contributed by atoms with Crippen molar-refractivity contribution in [1.29, 1.82) is 0 Å². The molecule has 0 radical (unpaired) electrons. The molecule has 1 heteroatoms. The van der Waals surface area contributed by atoms with E-state index in [1.807, 2.05) is 11.8 Å². The Morgan fingerprint density at radius 1 is 1.21 bits per heavy atom. The minimum absolute atomic E-state index is 0.265. The largest absolute Gasteiger partial charge is 0.129 e. The highest BCUT2D eigenvalue weighted by molar-refractivity contribution is 7.98. The van der Waals surface area contributed by atoms with E-state index in [2.05, 4.69) is 52.1 Å². The summed E-state index contributed by atoms with van der Waals surface area (Å²) in [6, 6.07) is 6.86. The first kappa shape index (κ1) is 11.6. The molecular weight excluding hydrogens is 188 g/mol. The Balaban J connectivity index is 3.14. The second-order valence-electron chi connectivity index (χ2n) is 4.63. The number of rotatable bonds is 2. The topological polar surface area (TPSA) is 0 Å². The van der Waals surface area contributed by atoms with Crippen LogP contribution in [0.4, 0.5) is 0 Å². The van der Waals surface area contributed by atoms with Crippen LogP contribution in [-0.2, 0) is 11.8 Å². The van der Waals surface area contributed by atoms with Crippen LogP contribution in [0.2, 0.25) is 0 Å². The SMILES string of the molecule is CCc1cc(C(C)(C)C)ccc1SC. The summed E-state index contributed by atoms with van der Waals surface area (Å²) in [5.74, 6) is 0. The number of hydrogen-bond donors (Lipinski definition) is 0. The van der Waals surface area contributed by atoms with Gasteiger partial charge in [0.15, 0.2) is 0 Å². The monoisotopic (exact) mass is 208 g/mol. The molecule has 0 atom stereocenters. The van der Waals surface area contributed by atoms with Gasteiger partial charge in [-0.05, 0) is 35.3 Å². The summed E-state index contributed by atoms with van der Waals surface area (Å²) >= 11 is 1.84. The van der Waals surface area contributed by atoms with Crippen molar-refractivity contribution in [2.75, 3.05) is 6.26 Å². The molecule has 0 aliphatic carbocycles.